The van der Waals surface area contributed by atoms with Crippen molar-refractivity contribution in [1.82, 2.24) is 0 Å². The Morgan fingerprint density at radius 1 is 0.833 bits per heavy atom. The van der Waals surface area contributed by atoms with E-state index in [0.717, 1.165) is 6.42 Å². The maximum atomic E-state index is 12.6. The monoisotopic (exact) mass is 406 g/mol. The molecule has 0 aliphatic heterocycles. The molecule has 2 aromatic carbocycles. The Balaban J connectivity index is 1.62. The maximum absolute atomic E-state index is 12.6. The highest BCUT2D eigenvalue weighted by molar-refractivity contribution is 5.91. The molecule has 0 heterocycles. The fraction of sp³-hybridized carbons (Fsp3) is 0.536. The van der Waals surface area contributed by atoms with Crippen LogP contribution in [0.15, 0.2) is 48.5 Å². The van der Waals surface area contributed by atoms with E-state index < -0.39 is 0 Å². The summed E-state index contributed by atoms with van der Waals surface area (Å²) in [5.41, 5.74) is 3.65. The molecule has 0 unspecified atom stereocenters. The molecule has 0 aromatic heterocycles. The summed E-state index contributed by atoms with van der Waals surface area (Å²) < 4.78 is 5.66. The van der Waals surface area contributed by atoms with Crippen molar-refractivity contribution < 1.29 is 9.53 Å². The zero-order chi connectivity index (χ0) is 21.2. The lowest BCUT2D eigenvalue weighted by atomic mass is 9.67. The van der Waals surface area contributed by atoms with Gasteiger partial charge in [0, 0.05) is 0 Å². The highest BCUT2D eigenvalue weighted by atomic mass is 16.5. The average Bonchev–Trinajstić information content (AvgIpc) is 2.79. The van der Waals surface area contributed by atoms with Gasteiger partial charge in [-0.3, -0.25) is 0 Å². The summed E-state index contributed by atoms with van der Waals surface area (Å²) in [4.78, 5) is 12.6. The van der Waals surface area contributed by atoms with Crippen LogP contribution in [0.1, 0.15) is 106 Å². The summed E-state index contributed by atoms with van der Waals surface area (Å²) in [7, 11) is 0. The first-order valence-corrected chi connectivity index (χ1v) is 12.1. The van der Waals surface area contributed by atoms with Gasteiger partial charge in [-0.1, -0.05) is 83.1 Å². The highest BCUT2D eigenvalue weighted by Gasteiger charge is 2.33. The molecular weight excluding hydrogens is 368 g/mol. The van der Waals surface area contributed by atoms with Gasteiger partial charge >= 0.3 is 5.97 Å². The van der Waals surface area contributed by atoms with E-state index in [1.54, 1.807) is 0 Å². The molecule has 1 saturated carbocycles. The lowest BCUT2D eigenvalue weighted by molar-refractivity contribution is 0.0734. The minimum atomic E-state index is -0.277. The SMILES string of the molecule is CCCCCc1ccc(C(=O)Oc2ccc(C3(CCCC)CCCCC3)cc2)cc1. The standard InChI is InChI=1S/C28H38O2/c1-3-5-8-11-23-12-14-24(15-13-23)27(29)30-26-18-16-25(17-19-26)28(20-6-4-2)21-9-7-10-22-28/h12-19H,3-11,20-22H2,1-2H3. The van der Waals surface area contributed by atoms with Crippen molar-refractivity contribution in [3.8, 4) is 5.75 Å². The molecule has 2 aromatic rings. The van der Waals surface area contributed by atoms with Gasteiger partial charge in [0.2, 0.25) is 0 Å². The predicted octanol–water partition coefficient (Wildman–Crippen LogP) is 8.03. The third-order valence-electron chi connectivity index (χ3n) is 6.76. The molecule has 3 rings (SSSR count). The molecule has 0 amide bonds. The number of carbonyl (C=O) groups excluding carboxylic acids is 1. The first-order chi connectivity index (χ1) is 14.7. The first-order valence-electron chi connectivity index (χ1n) is 12.1. The van der Waals surface area contributed by atoms with Crippen LogP contribution in [0.3, 0.4) is 0 Å². The Morgan fingerprint density at radius 3 is 2.13 bits per heavy atom. The lowest BCUT2D eigenvalue weighted by Crippen LogP contribution is -2.29. The molecular formula is C28H38O2. The van der Waals surface area contributed by atoms with Crippen LogP contribution in [0.25, 0.3) is 0 Å². The number of carbonyl (C=O) groups is 1. The molecule has 2 heteroatoms. The van der Waals surface area contributed by atoms with Gasteiger partial charge in [0.05, 0.1) is 5.56 Å². The van der Waals surface area contributed by atoms with Crippen LogP contribution in [0.5, 0.6) is 5.75 Å². The second-order valence-corrected chi connectivity index (χ2v) is 9.01. The second kappa shape index (κ2) is 11.3. The summed E-state index contributed by atoms with van der Waals surface area (Å²) in [6.07, 6.45) is 15.1. The minimum absolute atomic E-state index is 0.277. The number of aryl methyl sites for hydroxylation is 1. The van der Waals surface area contributed by atoms with E-state index in [0.29, 0.717) is 16.7 Å². The Labute approximate surface area is 183 Å². The van der Waals surface area contributed by atoms with Crippen LogP contribution in [-0.4, -0.2) is 5.97 Å². The van der Waals surface area contributed by atoms with Crippen LogP contribution < -0.4 is 4.74 Å². The summed E-state index contributed by atoms with van der Waals surface area (Å²) in [5.74, 6) is 0.360. The van der Waals surface area contributed by atoms with E-state index in [2.05, 4.69) is 38.1 Å². The van der Waals surface area contributed by atoms with Gasteiger partial charge in [-0.05, 0) is 72.9 Å². The summed E-state index contributed by atoms with van der Waals surface area (Å²) in [6.45, 7) is 4.49. The maximum Gasteiger partial charge on any atom is 0.343 e. The molecule has 0 spiro atoms. The van der Waals surface area contributed by atoms with Crippen LogP contribution >= 0.6 is 0 Å². The molecule has 0 radical (unpaired) electrons. The fourth-order valence-electron chi connectivity index (χ4n) is 4.86. The molecule has 1 aliphatic carbocycles. The van der Waals surface area contributed by atoms with Gasteiger partial charge in [0.1, 0.15) is 5.75 Å². The van der Waals surface area contributed by atoms with E-state index in [4.69, 9.17) is 4.74 Å². The predicted molar refractivity (Wildman–Crippen MR) is 125 cm³/mol. The smallest absolute Gasteiger partial charge is 0.343 e. The van der Waals surface area contributed by atoms with Crippen molar-refractivity contribution in [3.05, 3.63) is 65.2 Å². The van der Waals surface area contributed by atoms with E-state index >= 15 is 0 Å². The quantitative estimate of drug-likeness (QED) is 0.227. The molecule has 0 saturated heterocycles. The third-order valence-corrected chi connectivity index (χ3v) is 6.76. The second-order valence-electron chi connectivity index (χ2n) is 9.01. The van der Waals surface area contributed by atoms with Crippen molar-refractivity contribution in [2.24, 2.45) is 0 Å². The average molecular weight is 407 g/mol. The van der Waals surface area contributed by atoms with Gasteiger partial charge in [-0.2, -0.15) is 0 Å². The number of esters is 1. The van der Waals surface area contributed by atoms with Crippen LogP contribution in [-0.2, 0) is 11.8 Å². The Morgan fingerprint density at radius 2 is 1.50 bits per heavy atom. The van der Waals surface area contributed by atoms with Crippen molar-refractivity contribution in [1.29, 1.82) is 0 Å². The zero-order valence-electron chi connectivity index (χ0n) is 18.9. The topological polar surface area (TPSA) is 26.3 Å². The lowest BCUT2D eigenvalue weighted by Gasteiger charge is -2.38. The highest BCUT2D eigenvalue weighted by Crippen LogP contribution is 2.43. The molecule has 0 bridgehead atoms. The fourth-order valence-corrected chi connectivity index (χ4v) is 4.86. The van der Waals surface area contributed by atoms with Crippen LogP contribution in [0.4, 0.5) is 0 Å². The Kier molecular flexibility index (Phi) is 8.54. The summed E-state index contributed by atoms with van der Waals surface area (Å²) >= 11 is 0. The number of benzene rings is 2. The third kappa shape index (κ3) is 5.97. The van der Waals surface area contributed by atoms with Gasteiger partial charge in [0.15, 0.2) is 0 Å². The van der Waals surface area contributed by atoms with Crippen molar-refractivity contribution in [2.45, 2.75) is 96.3 Å². The molecule has 1 aliphatic rings. The molecule has 1 fully saturated rings. The van der Waals surface area contributed by atoms with E-state index in [1.807, 2.05) is 24.3 Å². The Hall–Kier alpha value is -2.09. The number of unbranched alkanes of at least 4 members (excludes halogenated alkanes) is 3. The van der Waals surface area contributed by atoms with E-state index in [-0.39, 0.29) is 5.97 Å². The largest absolute Gasteiger partial charge is 0.423 e. The number of ether oxygens (including phenoxy) is 1. The number of rotatable bonds is 10. The normalized spacial score (nSPS) is 15.7. The molecule has 30 heavy (non-hydrogen) atoms. The van der Waals surface area contributed by atoms with Crippen LogP contribution in [0, 0.1) is 0 Å². The van der Waals surface area contributed by atoms with E-state index in [9.17, 15) is 4.79 Å². The van der Waals surface area contributed by atoms with Crippen LogP contribution in [0.2, 0.25) is 0 Å². The van der Waals surface area contributed by atoms with Crippen molar-refractivity contribution >= 4 is 5.97 Å². The van der Waals surface area contributed by atoms with Gasteiger partial charge < -0.3 is 4.74 Å². The minimum Gasteiger partial charge on any atom is -0.423 e. The van der Waals surface area contributed by atoms with Gasteiger partial charge in [-0.25, -0.2) is 4.79 Å². The molecule has 0 N–H and O–H groups in total. The van der Waals surface area contributed by atoms with Gasteiger partial charge in [0.25, 0.3) is 0 Å². The van der Waals surface area contributed by atoms with Crippen molar-refractivity contribution in [3.63, 3.8) is 0 Å². The summed E-state index contributed by atoms with van der Waals surface area (Å²) in [5, 5.41) is 0. The number of hydrogen-bond donors (Lipinski definition) is 0. The Bertz CT molecular complexity index is 767. The van der Waals surface area contributed by atoms with Crippen molar-refractivity contribution in [2.75, 3.05) is 0 Å². The summed E-state index contributed by atoms with van der Waals surface area (Å²) in [6, 6.07) is 16.2. The van der Waals surface area contributed by atoms with Gasteiger partial charge in [-0.15, -0.1) is 0 Å². The number of hydrogen-bond acceptors (Lipinski definition) is 2. The molecule has 2 nitrogen and oxygen atoms in total. The molecule has 0 atom stereocenters. The van der Waals surface area contributed by atoms with E-state index in [1.165, 1.54) is 81.8 Å². The first kappa shape index (κ1) is 22.6. The molecule has 162 valence electrons. The zero-order valence-corrected chi connectivity index (χ0v) is 18.9.